The minimum Gasteiger partial charge on any atom is -0.493 e. The van der Waals surface area contributed by atoms with E-state index in [0.717, 1.165) is 5.52 Å². The topological polar surface area (TPSA) is 98.6 Å². The van der Waals surface area contributed by atoms with E-state index in [-0.39, 0.29) is 18.4 Å². The Morgan fingerprint density at radius 3 is 2.39 bits per heavy atom. The van der Waals surface area contributed by atoms with E-state index in [1.165, 1.54) is 4.90 Å². The van der Waals surface area contributed by atoms with E-state index in [1.807, 2.05) is 70.2 Å². The van der Waals surface area contributed by atoms with Gasteiger partial charge in [-0.25, -0.2) is 4.68 Å². The van der Waals surface area contributed by atoms with Crippen molar-refractivity contribution in [1.82, 2.24) is 20.3 Å². The summed E-state index contributed by atoms with van der Waals surface area (Å²) in [7, 11) is 1.54. The Kier molecular flexibility index (Phi) is 7.95. The Morgan fingerprint density at radius 2 is 1.71 bits per heavy atom. The molecular weight excluding hydrogens is 482 g/mol. The second kappa shape index (κ2) is 11.3. The quantitative estimate of drug-likeness (QED) is 0.352. The largest absolute Gasteiger partial charge is 0.493 e. The van der Waals surface area contributed by atoms with Crippen LogP contribution in [-0.4, -0.2) is 46.1 Å². The molecule has 0 spiro atoms. The molecule has 0 bridgehead atoms. The van der Waals surface area contributed by atoms with Crippen LogP contribution in [-0.2, 0) is 16.1 Å². The van der Waals surface area contributed by atoms with Gasteiger partial charge in [-0.3, -0.25) is 14.5 Å². The molecule has 0 radical (unpaired) electrons. The van der Waals surface area contributed by atoms with Gasteiger partial charge in [0.25, 0.3) is 0 Å². The Hall–Kier alpha value is -4.40. The van der Waals surface area contributed by atoms with Crippen LogP contribution in [0.25, 0.3) is 11.0 Å². The minimum absolute atomic E-state index is 0.108. The van der Waals surface area contributed by atoms with Crippen molar-refractivity contribution in [2.45, 2.75) is 45.8 Å². The number of aromatic nitrogens is 3. The lowest BCUT2D eigenvalue weighted by molar-refractivity contribution is -0.128. The molecule has 9 heteroatoms. The lowest BCUT2D eigenvalue weighted by Crippen LogP contribution is -2.50. The molecule has 0 aliphatic rings. The predicted octanol–water partition coefficient (Wildman–Crippen LogP) is 4.53. The SMILES string of the molecule is CCOc1ccc(C(C(=O)NC(C)(C)C)N(C(=O)Cn2nnc3ccccc32)c2ccccc2)cc1OC. The molecule has 4 aromatic rings. The third-order valence-corrected chi connectivity index (χ3v) is 5.82. The number of nitrogens with zero attached hydrogens (tertiary/aromatic N) is 4. The maximum Gasteiger partial charge on any atom is 0.249 e. The average molecular weight is 516 g/mol. The highest BCUT2D eigenvalue weighted by atomic mass is 16.5. The van der Waals surface area contributed by atoms with Gasteiger partial charge in [0.15, 0.2) is 11.5 Å². The normalized spacial score (nSPS) is 12.1. The lowest BCUT2D eigenvalue weighted by Gasteiger charge is -2.34. The van der Waals surface area contributed by atoms with E-state index in [0.29, 0.717) is 34.9 Å². The second-order valence-electron chi connectivity index (χ2n) is 9.82. The highest BCUT2D eigenvalue weighted by Crippen LogP contribution is 2.35. The van der Waals surface area contributed by atoms with Gasteiger partial charge >= 0.3 is 0 Å². The van der Waals surface area contributed by atoms with Crippen LogP contribution >= 0.6 is 0 Å². The first kappa shape index (κ1) is 26.7. The fourth-order valence-electron chi connectivity index (χ4n) is 4.25. The molecule has 3 aromatic carbocycles. The van der Waals surface area contributed by atoms with Gasteiger partial charge in [-0.05, 0) is 69.7 Å². The molecule has 1 aromatic heterocycles. The number of nitrogens with one attached hydrogen (secondary N) is 1. The van der Waals surface area contributed by atoms with E-state index in [9.17, 15) is 9.59 Å². The Labute approximate surface area is 222 Å². The molecular formula is C29H33N5O4. The van der Waals surface area contributed by atoms with Crippen LogP contribution in [0.1, 0.15) is 39.3 Å². The molecule has 38 heavy (non-hydrogen) atoms. The molecule has 0 aliphatic carbocycles. The van der Waals surface area contributed by atoms with Crippen molar-refractivity contribution in [3.8, 4) is 11.5 Å². The third kappa shape index (κ3) is 5.94. The summed E-state index contributed by atoms with van der Waals surface area (Å²) in [4.78, 5) is 29.5. The van der Waals surface area contributed by atoms with Crippen molar-refractivity contribution < 1.29 is 19.1 Å². The van der Waals surface area contributed by atoms with E-state index in [1.54, 1.807) is 42.1 Å². The number of rotatable bonds is 9. The van der Waals surface area contributed by atoms with E-state index in [2.05, 4.69) is 15.6 Å². The molecule has 198 valence electrons. The summed E-state index contributed by atoms with van der Waals surface area (Å²) in [6.45, 7) is 7.94. The predicted molar refractivity (Wildman–Crippen MR) is 146 cm³/mol. The summed E-state index contributed by atoms with van der Waals surface area (Å²) in [6, 6.07) is 20.9. The van der Waals surface area contributed by atoms with Crippen LogP contribution in [0.4, 0.5) is 5.69 Å². The molecule has 2 amide bonds. The Balaban J connectivity index is 1.83. The molecule has 0 saturated heterocycles. The summed E-state index contributed by atoms with van der Waals surface area (Å²) >= 11 is 0. The minimum atomic E-state index is -0.997. The first-order valence-corrected chi connectivity index (χ1v) is 12.5. The highest BCUT2D eigenvalue weighted by Gasteiger charge is 2.35. The van der Waals surface area contributed by atoms with Gasteiger partial charge in [0.1, 0.15) is 18.1 Å². The maximum absolute atomic E-state index is 14.1. The van der Waals surface area contributed by atoms with E-state index in [4.69, 9.17) is 9.47 Å². The van der Waals surface area contributed by atoms with Crippen molar-refractivity contribution >= 4 is 28.5 Å². The van der Waals surface area contributed by atoms with Crippen LogP contribution < -0.4 is 19.7 Å². The average Bonchev–Trinajstić information content (AvgIpc) is 3.29. The molecule has 4 rings (SSSR count). The van der Waals surface area contributed by atoms with Gasteiger partial charge in [0.05, 0.1) is 19.2 Å². The van der Waals surface area contributed by atoms with Crippen LogP contribution in [0.5, 0.6) is 11.5 Å². The van der Waals surface area contributed by atoms with Gasteiger partial charge < -0.3 is 14.8 Å². The standard InChI is InChI=1S/C29H33N5O4/c1-6-38-24-17-16-20(18-25(24)37-5)27(28(36)30-29(2,3)4)34(21-12-8-7-9-13-21)26(35)19-33-23-15-11-10-14-22(23)31-32-33/h7-18,27H,6,19H2,1-5H3,(H,30,36). The fourth-order valence-corrected chi connectivity index (χ4v) is 4.25. The molecule has 1 unspecified atom stereocenters. The summed E-state index contributed by atoms with van der Waals surface area (Å²) < 4.78 is 12.8. The number of hydrogen-bond donors (Lipinski definition) is 1. The summed E-state index contributed by atoms with van der Waals surface area (Å²) in [6.07, 6.45) is 0. The zero-order valence-corrected chi connectivity index (χ0v) is 22.3. The van der Waals surface area contributed by atoms with E-state index >= 15 is 0 Å². The van der Waals surface area contributed by atoms with Crippen LogP contribution in [0.3, 0.4) is 0 Å². The number of para-hydroxylation sites is 2. The zero-order chi connectivity index (χ0) is 27.3. The number of amides is 2. The molecule has 0 aliphatic heterocycles. The summed E-state index contributed by atoms with van der Waals surface area (Å²) in [5.74, 6) is 0.374. The van der Waals surface area contributed by atoms with Crippen molar-refractivity contribution in [2.24, 2.45) is 0 Å². The van der Waals surface area contributed by atoms with Gasteiger partial charge in [0.2, 0.25) is 11.8 Å². The number of benzene rings is 3. The summed E-state index contributed by atoms with van der Waals surface area (Å²) in [5.41, 5.74) is 2.03. The lowest BCUT2D eigenvalue weighted by atomic mass is 10.00. The molecule has 1 atom stereocenters. The molecule has 1 N–H and O–H groups in total. The zero-order valence-electron chi connectivity index (χ0n) is 22.3. The van der Waals surface area contributed by atoms with Crippen molar-refractivity contribution in [1.29, 1.82) is 0 Å². The fraction of sp³-hybridized carbons (Fsp3) is 0.310. The Bertz CT molecular complexity index is 1410. The van der Waals surface area contributed by atoms with Crippen LogP contribution in [0.15, 0.2) is 72.8 Å². The molecule has 1 heterocycles. The number of fused-ring (bicyclic) bond motifs is 1. The van der Waals surface area contributed by atoms with Crippen molar-refractivity contribution in [2.75, 3.05) is 18.6 Å². The first-order chi connectivity index (χ1) is 18.2. The third-order valence-electron chi connectivity index (χ3n) is 5.82. The maximum atomic E-state index is 14.1. The van der Waals surface area contributed by atoms with Gasteiger partial charge in [-0.2, -0.15) is 0 Å². The van der Waals surface area contributed by atoms with Crippen molar-refractivity contribution in [3.63, 3.8) is 0 Å². The van der Waals surface area contributed by atoms with Gasteiger partial charge in [-0.15, -0.1) is 5.10 Å². The number of hydrogen-bond acceptors (Lipinski definition) is 6. The molecule has 0 fully saturated rings. The second-order valence-corrected chi connectivity index (χ2v) is 9.82. The number of anilines is 1. The monoisotopic (exact) mass is 515 g/mol. The van der Waals surface area contributed by atoms with Crippen LogP contribution in [0, 0.1) is 0 Å². The summed E-state index contributed by atoms with van der Waals surface area (Å²) in [5, 5.41) is 11.4. The molecule has 9 nitrogen and oxygen atoms in total. The molecule has 0 saturated carbocycles. The number of carbonyl (C=O) groups is 2. The first-order valence-electron chi connectivity index (χ1n) is 12.5. The van der Waals surface area contributed by atoms with Gasteiger partial charge in [-0.1, -0.05) is 41.6 Å². The highest BCUT2D eigenvalue weighted by molar-refractivity contribution is 6.01. The smallest absolute Gasteiger partial charge is 0.249 e. The number of ether oxygens (including phenoxy) is 2. The van der Waals surface area contributed by atoms with Crippen LogP contribution in [0.2, 0.25) is 0 Å². The Morgan fingerprint density at radius 1 is 1.00 bits per heavy atom. The van der Waals surface area contributed by atoms with E-state index < -0.39 is 11.6 Å². The van der Waals surface area contributed by atoms with Crippen molar-refractivity contribution in [3.05, 3.63) is 78.4 Å². The number of carbonyl (C=O) groups excluding carboxylic acids is 2. The number of methoxy groups -OCH3 is 1. The van der Waals surface area contributed by atoms with Gasteiger partial charge in [0, 0.05) is 11.2 Å².